The minimum Gasteiger partial charge on any atom is -0.478 e. The summed E-state index contributed by atoms with van der Waals surface area (Å²) in [5.74, 6) is -1.55. The van der Waals surface area contributed by atoms with Gasteiger partial charge in [-0.3, -0.25) is 0 Å². The number of hydrogen-bond acceptors (Lipinski definition) is 8. The summed E-state index contributed by atoms with van der Waals surface area (Å²) in [6, 6.07) is -0.229. The Morgan fingerprint density at radius 2 is 2.03 bits per heavy atom. The second-order valence-corrected chi connectivity index (χ2v) is 7.97. The topological polar surface area (TPSA) is 114 Å². The fourth-order valence-electron chi connectivity index (χ4n) is 3.24. The molecule has 0 radical (unpaired) electrons. The Bertz CT molecular complexity index is 960. The van der Waals surface area contributed by atoms with Gasteiger partial charge in [0.2, 0.25) is 5.95 Å². The number of hydrogen-bond donors (Lipinski definition) is 2. The predicted molar refractivity (Wildman–Crippen MR) is 106 cm³/mol. The summed E-state index contributed by atoms with van der Waals surface area (Å²) < 4.78 is 50.5. The number of piperidine rings is 1. The number of carbonyl (C=O) groups excluding carboxylic acids is 1. The van der Waals surface area contributed by atoms with Gasteiger partial charge in [0, 0.05) is 38.4 Å². The van der Waals surface area contributed by atoms with Crippen molar-refractivity contribution in [2.75, 3.05) is 31.7 Å². The Kier molecular flexibility index (Phi) is 6.84. The van der Waals surface area contributed by atoms with Gasteiger partial charge >= 0.3 is 18.2 Å². The van der Waals surface area contributed by atoms with Gasteiger partial charge in [-0.2, -0.15) is 13.2 Å². The van der Waals surface area contributed by atoms with E-state index in [9.17, 15) is 27.9 Å². The van der Waals surface area contributed by atoms with Gasteiger partial charge in [-0.15, -0.1) is 11.3 Å². The van der Waals surface area contributed by atoms with E-state index in [1.165, 1.54) is 12.0 Å². The lowest BCUT2D eigenvalue weighted by Gasteiger charge is -2.32. The van der Waals surface area contributed by atoms with Gasteiger partial charge in [0.1, 0.15) is 11.6 Å². The molecule has 2 aromatic rings. The standard InChI is InChI=1S/C18H21F3N4O5S/c1-9(7-29-2)22-17(28)30-10-3-5-25(6-4-10)16-23-12-11(15(26)27)8-31-13(12)14(24-16)18(19,20)21/h8-10H,3-7H2,1-2H3,(H,22,28)(H,26,27). The molecule has 13 heteroatoms. The van der Waals surface area contributed by atoms with Gasteiger partial charge in [-0.1, -0.05) is 0 Å². The Labute approximate surface area is 179 Å². The van der Waals surface area contributed by atoms with Crippen LogP contribution in [0.15, 0.2) is 5.38 Å². The number of anilines is 1. The first-order valence-corrected chi connectivity index (χ1v) is 10.3. The van der Waals surface area contributed by atoms with Crippen LogP contribution in [0.3, 0.4) is 0 Å². The lowest BCUT2D eigenvalue weighted by atomic mass is 10.1. The molecule has 1 saturated heterocycles. The summed E-state index contributed by atoms with van der Waals surface area (Å²) >= 11 is 0.649. The molecule has 1 amide bonds. The summed E-state index contributed by atoms with van der Waals surface area (Å²) in [6.07, 6.45) is -5.03. The number of alkyl halides is 3. The first-order chi connectivity index (χ1) is 14.6. The SMILES string of the molecule is COCC(C)NC(=O)OC1CCN(c2nc(C(F)(F)F)c3scc(C(=O)O)c3n2)CC1. The van der Waals surface area contributed by atoms with E-state index in [0.29, 0.717) is 30.8 Å². The Balaban J connectivity index is 1.74. The van der Waals surface area contributed by atoms with Crippen molar-refractivity contribution in [1.29, 1.82) is 0 Å². The number of amides is 1. The maximum atomic E-state index is 13.5. The van der Waals surface area contributed by atoms with Gasteiger partial charge in [-0.25, -0.2) is 19.6 Å². The summed E-state index contributed by atoms with van der Waals surface area (Å²) in [5, 5.41) is 13.0. The molecule has 1 unspecified atom stereocenters. The van der Waals surface area contributed by atoms with Gasteiger partial charge < -0.3 is 24.8 Å². The summed E-state index contributed by atoms with van der Waals surface area (Å²) in [5.41, 5.74) is -1.69. The predicted octanol–water partition coefficient (Wildman–Crippen LogP) is 3.14. The maximum Gasteiger partial charge on any atom is 0.434 e. The van der Waals surface area contributed by atoms with E-state index in [2.05, 4.69) is 15.3 Å². The highest BCUT2D eigenvalue weighted by Crippen LogP contribution is 2.38. The van der Waals surface area contributed by atoms with Crippen molar-refractivity contribution < 1.29 is 37.3 Å². The van der Waals surface area contributed by atoms with Crippen LogP contribution in [0, 0.1) is 0 Å². The number of halogens is 3. The summed E-state index contributed by atoms with van der Waals surface area (Å²) in [7, 11) is 1.51. The highest BCUT2D eigenvalue weighted by molar-refractivity contribution is 7.17. The summed E-state index contributed by atoms with van der Waals surface area (Å²) in [4.78, 5) is 32.6. The molecule has 0 spiro atoms. The Hall–Kier alpha value is -2.67. The number of carboxylic acids is 1. The second kappa shape index (κ2) is 9.22. The molecule has 3 heterocycles. The number of methoxy groups -OCH3 is 1. The van der Waals surface area contributed by atoms with Gasteiger partial charge in [-0.05, 0) is 6.92 Å². The van der Waals surface area contributed by atoms with Crippen LogP contribution in [0.1, 0.15) is 35.8 Å². The molecule has 31 heavy (non-hydrogen) atoms. The normalized spacial score (nSPS) is 16.4. The molecule has 3 rings (SSSR count). The molecule has 0 aliphatic carbocycles. The van der Waals surface area contributed by atoms with Crippen LogP contribution in [0.25, 0.3) is 10.2 Å². The molecule has 1 aliphatic heterocycles. The van der Waals surface area contributed by atoms with Crippen LogP contribution in [0.5, 0.6) is 0 Å². The van der Waals surface area contributed by atoms with Crippen LogP contribution in [0.2, 0.25) is 0 Å². The number of aromatic nitrogens is 2. The molecule has 1 atom stereocenters. The van der Waals surface area contributed by atoms with E-state index in [4.69, 9.17) is 9.47 Å². The zero-order valence-electron chi connectivity index (χ0n) is 16.7. The van der Waals surface area contributed by atoms with Crippen molar-refractivity contribution in [3.8, 4) is 0 Å². The number of nitrogens with one attached hydrogen (secondary N) is 1. The third kappa shape index (κ3) is 5.34. The average Bonchev–Trinajstić information content (AvgIpc) is 3.11. The Morgan fingerprint density at radius 1 is 1.35 bits per heavy atom. The third-order valence-electron chi connectivity index (χ3n) is 4.68. The van der Waals surface area contributed by atoms with Gasteiger partial charge in [0.25, 0.3) is 0 Å². The Morgan fingerprint density at radius 3 is 2.61 bits per heavy atom. The number of nitrogens with zero attached hydrogens (tertiary/aromatic N) is 3. The van der Waals surface area contributed by atoms with Gasteiger partial charge in [0.05, 0.1) is 22.9 Å². The van der Waals surface area contributed by atoms with E-state index in [0.717, 1.165) is 5.38 Å². The fourth-order valence-corrected chi connectivity index (χ4v) is 4.23. The molecule has 0 saturated carbocycles. The van der Waals surface area contributed by atoms with Crippen molar-refractivity contribution in [3.05, 3.63) is 16.6 Å². The van der Waals surface area contributed by atoms with Crippen molar-refractivity contribution in [3.63, 3.8) is 0 Å². The van der Waals surface area contributed by atoms with Crippen LogP contribution in [-0.4, -0.2) is 66.1 Å². The number of alkyl carbamates (subject to hydrolysis) is 1. The van der Waals surface area contributed by atoms with Crippen molar-refractivity contribution in [1.82, 2.24) is 15.3 Å². The van der Waals surface area contributed by atoms with Crippen molar-refractivity contribution in [2.45, 2.75) is 38.1 Å². The average molecular weight is 462 g/mol. The zero-order valence-corrected chi connectivity index (χ0v) is 17.5. The van der Waals surface area contributed by atoms with Crippen LogP contribution in [-0.2, 0) is 15.7 Å². The minimum absolute atomic E-state index is 0.197. The highest BCUT2D eigenvalue weighted by Gasteiger charge is 2.38. The number of thiophene rings is 1. The quantitative estimate of drug-likeness (QED) is 0.673. The maximum absolute atomic E-state index is 13.5. The molecule has 2 N–H and O–H groups in total. The lowest BCUT2D eigenvalue weighted by molar-refractivity contribution is -0.139. The summed E-state index contributed by atoms with van der Waals surface area (Å²) in [6.45, 7) is 2.59. The fraction of sp³-hybridized carbons (Fsp3) is 0.556. The number of carbonyl (C=O) groups is 2. The smallest absolute Gasteiger partial charge is 0.434 e. The molecule has 9 nitrogen and oxygen atoms in total. The lowest BCUT2D eigenvalue weighted by Crippen LogP contribution is -2.42. The third-order valence-corrected chi connectivity index (χ3v) is 5.66. The van der Waals surface area contributed by atoms with Gasteiger partial charge in [0.15, 0.2) is 5.69 Å². The second-order valence-electron chi connectivity index (χ2n) is 7.09. The van der Waals surface area contributed by atoms with Crippen molar-refractivity contribution in [2.24, 2.45) is 0 Å². The number of aromatic carboxylic acids is 1. The molecule has 0 bridgehead atoms. The number of fused-ring (bicyclic) bond motifs is 1. The molecular weight excluding hydrogens is 441 g/mol. The minimum atomic E-state index is -4.75. The largest absolute Gasteiger partial charge is 0.478 e. The van der Waals surface area contributed by atoms with E-state index < -0.39 is 30.0 Å². The van der Waals surface area contributed by atoms with E-state index in [1.807, 2.05) is 0 Å². The zero-order chi connectivity index (χ0) is 22.8. The van der Waals surface area contributed by atoms with E-state index in [1.54, 1.807) is 6.92 Å². The van der Waals surface area contributed by atoms with E-state index >= 15 is 0 Å². The number of ether oxygens (including phenoxy) is 2. The molecular formula is C18H21F3N4O5S. The van der Waals surface area contributed by atoms with Crippen LogP contribution in [0.4, 0.5) is 23.9 Å². The van der Waals surface area contributed by atoms with Crippen LogP contribution < -0.4 is 10.2 Å². The van der Waals surface area contributed by atoms with E-state index in [-0.39, 0.29) is 40.9 Å². The number of carboxylic acid groups (broad SMARTS) is 1. The monoisotopic (exact) mass is 462 g/mol. The first kappa shape index (κ1) is 23.0. The molecule has 170 valence electrons. The van der Waals surface area contributed by atoms with Crippen LogP contribution >= 0.6 is 11.3 Å². The molecule has 1 fully saturated rings. The molecule has 1 aliphatic rings. The molecule has 0 aromatic carbocycles. The number of rotatable bonds is 6. The first-order valence-electron chi connectivity index (χ1n) is 9.41. The molecule has 2 aromatic heterocycles. The van der Waals surface area contributed by atoms with Crippen molar-refractivity contribution >= 4 is 39.6 Å². The highest BCUT2D eigenvalue weighted by atomic mass is 32.1.